The Morgan fingerprint density at radius 2 is 1.35 bits per heavy atom. The largest absolute Gasteiger partial charge is 0.497 e. The first kappa shape index (κ1) is 26.0. The number of aliphatic carboxylic acids is 1. The van der Waals surface area contributed by atoms with Crippen LogP contribution in [0.15, 0.2) is 109 Å². The smallest absolute Gasteiger partial charge is 0.444 e. The molecule has 4 rings (SSSR count). The minimum Gasteiger partial charge on any atom is -0.497 e. The Kier molecular flexibility index (Phi) is 8.62. The number of hydrogen-bond acceptors (Lipinski definition) is 6. The molecule has 0 aliphatic rings. The van der Waals surface area contributed by atoms with Crippen molar-refractivity contribution in [1.29, 1.82) is 0 Å². The molecule has 0 aliphatic carbocycles. The molecule has 0 heterocycles. The van der Waals surface area contributed by atoms with Gasteiger partial charge in [-0.2, -0.15) is 0 Å². The molecule has 0 saturated heterocycles. The Labute approximate surface area is 216 Å². The summed E-state index contributed by atoms with van der Waals surface area (Å²) in [5, 5.41) is 12.7. The molecule has 0 bridgehead atoms. The maximum atomic E-state index is 13.7. The van der Waals surface area contributed by atoms with E-state index in [-0.39, 0.29) is 12.7 Å². The van der Waals surface area contributed by atoms with Crippen LogP contribution in [0.2, 0.25) is 0 Å². The number of carbonyl (C=O) groups is 1. The van der Waals surface area contributed by atoms with E-state index < -0.39 is 19.6 Å². The SMILES string of the molecule is COc1cccc(-c2ccc(CC(NCP(=O)(Oc3ccccc3)Oc3ccccc3)C(=O)O)cc2)c1. The van der Waals surface area contributed by atoms with Gasteiger partial charge in [0, 0.05) is 0 Å². The molecule has 8 heteroatoms. The molecule has 0 spiro atoms. The predicted octanol–water partition coefficient (Wildman–Crippen LogP) is 6.26. The minimum absolute atomic E-state index is 0.185. The van der Waals surface area contributed by atoms with E-state index in [2.05, 4.69) is 5.32 Å². The molecular formula is C29H28NO6P. The number of benzene rings is 4. The summed E-state index contributed by atoms with van der Waals surface area (Å²) < 4.78 is 30.4. The lowest BCUT2D eigenvalue weighted by molar-refractivity contribution is -0.139. The molecule has 4 aromatic carbocycles. The van der Waals surface area contributed by atoms with Gasteiger partial charge < -0.3 is 18.9 Å². The van der Waals surface area contributed by atoms with E-state index in [0.717, 1.165) is 22.4 Å². The van der Waals surface area contributed by atoms with Crippen LogP contribution in [0.3, 0.4) is 0 Å². The van der Waals surface area contributed by atoms with Crippen molar-refractivity contribution in [2.75, 3.05) is 13.4 Å². The molecular weight excluding hydrogens is 489 g/mol. The Bertz CT molecular complexity index is 1300. The van der Waals surface area contributed by atoms with Gasteiger partial charge in [-0.3, -0.25) is 10.1 Å². The third-order valence-corrected chi connectivity index (χ3v) is 7.15. The minimum atomic E-state index is -3.80. The van der Waals surface area contributed by atoms with E-state index in [9.17, 15) is 14.5 Å². The lowest BCUT2D eigenvalue weighted by Gasteiger charge is -2.22. The van der Waals surface area contributed by atoms with E-state index in [1.807, 2.05) is 60.7 Å². The van der Waals surface area contributed by atoms with E-state index in [4.69, 9.17) is 13.8 Å². The van der Waals surface area contributed by atoms with Crippen LogP contribution in [0.1, 0.15) is 5.56 Å². The summed E-state index contributed by atoms with van der Waals surface area (Å²) in [6.45, 7) is 0. The van der Waals surface area contributed by atoms with Crippen molar-refractivity contribution in [2.24, 2.45) is 0 Å². The van der Waals surface area contributed by atoms with Crippen LogP contribution in [0.4, 0.5) is 0 Å². The van der Waals surface area contributed by atoms with Gasteiger partial charge in [0.25, 0.3) is 0 Å². The average Bonchev–Trinajstić information content (AvgIpc) is 2.92. The topological polar surface area (TPSA) is 94.1 Å². The number of carboxylic acids is 1. The quantitative estimate of drug-likeness (QED) is 0.214. The van der Waals surface area contributed by atoms with Crippen molar-refractivity contribution in [1.82, 2.24) is 5.32 Å². The molecule has 1 atom stereocenters. The van der Waals surface area contributed by atoms with Crippen LogP contribution < -0.4 is 19.1 Å². The first-order chi connectivity index (χ1) is 17.9. The van der Waals surface area contributed by atoms with Crippen molar-refractivity contribution < 1.29 is 28.3 Å². The lowest BCUT2D eigenvalue weighted by atomic mass is 10.0. The molecule has 1 unspecified atom stereocenters. The Morgan fingerprint density at radius 3 is 1.89 bits per heavy atom. The second-order valence-corrected chi connectivity index (χ2v) is 10.2. The Hall–Kier alpha value is -4.06. The Morgan fingerprint density at radius 1 is 0.784 bits per heavy atom. The summed E-state index contributed by atoms with van der Waals surface area (Å²) >= 11 is 0. The molecule has 0 aliphatic heterocycles. The summed E-state index contributed by atoms with van der Waals surface area (Å²) in [6, 6.07) is 31.7. The van der Waals surface area contributed by atoms with Crippen LogP contribution in [0.5, 0.6) is 17.2 Å². The van der Waals surface area contributed by atoms with E-state index >= 15 is 0 Å². The standard InChI is InChI=1S/C29H28NO6P/c1-34-27-14-8-9-24(20-27)23-17-15-22(16-18-23)19-28(29(31)32)30-21-37(33,35-25-10-4-2-5-11-25)36-26-12-6-3-7-13-26/h2-18,20,28,30H,19,21H2,1H3,(H,31,32). The summed E-state index contributed by atoms with van der Waals surface area (Å²) in [5.74, 6) is 0.423. The number of hydrogen-bond donors (Lipinski definition) is 2. The van der Waals surface area contributed by atoms with E-state index in [0.29, 0.717) is 11.5 Å². The van der Waals surface area contributed by atoms with Crippen LogP contribution in [0, 0.1) is 0 Å². The first-order valence-electron chi connectivity index (χ1n) is 11.7. The van der Waals surface area contributed by atoms with Gasteiger partial charge in [-0.15, -0.1) is 0 Å². The second kappa shape index (κ2) is 12.3. The number of ether oxygens (including phenoxy) is 1. The van der Waals surface area contributed by atoms with Gasteiger partial charge in [-0.05, 0) is 59.5 Å². The third-order valence-electron chi connectivity index (χ3n) is 5.60. The van der Waals surface area contributed by atoms with Gasteiger partial charge in [0.2, 0.25) is 0 Å². The summed E-state index contributed by atoms with van der Waals surface area (Å²) in [7, 11) is -2.18. The number of para-hydroxylation sites is 2. The summed E-state index contributed by atoms with van der Waals surface area (Å²) in [6.07, 6.45) is -0.111. The molecule has 0 aromatic heterocycles. The maximum Gasteiger partial charge on any atom is 0.444 e. The van der Waals surface area contributed by atoms with Gasteiger partial charge in [0.1, 0.15) is 29.6 Å². The lowest BCUT2D eigenvalue weighted by Crippen LogP contribution is -2.39. The summed E-state index contributed by atoms with van der Waals surface area (Å²) in [4.78, 5) is 12.0. The zero-order chi connectivity index (χ0) is 26.1. The number of rotatable bonds is 12. The first-order valence-corrected chi connectivity index (χ1v) is 13.4. The van der Waals surface area contributed by atoms with Crippen molar-refractivity contribution >= 4 is 13.6 Å². The van der Waals surface area contributed by atoms with E-state index in [1.54, 1.807) is 55.6 Å². The molecule has 4 aromatic rings. The number of methoxy groups -OCH3 is 1. The fourth-order valence-corrected chi connectivity index (χ4v) is 5.20. The summed E-state index contributed by atoms with van der Waals surface area (Å²) in [5.41, 5.74) is 2.80. The van der Waals surface area contributed by atoms with Crippen molar-refractivity contribution in [3.8, 4) is 28.4 Å². The monoisotopic (exact) mass is 517 g/mol. The van der Waals surface area contributed by atoms with Crippen molar-refractivity contribution in [2.45, 2.75) is 12.5 Å². The number of carboxylic acid groups (broad SMARTS) is 1. The van der Waals surface area contributed by atoms with Crippen LogP contribution in [0.25, 0.3) is 11.1 Å². The van der Waals surface area contributed by atoms with Gasteiger partial charge in [0.05, 0.1) is 7.11 Å². The molecule has 190 valence electrons. The van der Waals surface area contributed by atoms with Gasteiger partial charge in [-0.25, -0.2) is 4.57 Å². The van der Waals surface area contributed by atoms with Crippen molar-refractivity contribution in [3.63, 3.8) is 0 Å². The fraction of sp³-hybridized carbons (Fsp3) is 0.138. The van der Waals surface area contributed by atoms with Gasteiger partial charge >= 0.3 is 13.6 Å². The average molecular weight is 518 g/mol. The molecule has 37 heavy (non-hydrogen) atoms. The molecule has 2 N–H and O–H groups in total. The zero-order valence-corrected chi connectivity index (χ0v) is 21.2. The molecule has 0 fully saturated rings. The molecule has 7 nitrogen and oxygen atoms in total. The van der Waals surface area contributed by atoms with Crippen LogP contribution in [-0.2, 0) is 15.8 Å². The molecule has 0 saturated carbocycles. The normalized spacial score (nSPS) is 11.9. The second-order valence-electron chi connectivity index (χ2n) is 8.31. The number of nitrogens with one attached hydrogen (secondary N) is 1. The Balaban J connectivity index is 1.47. The zero-order valence-electron chi connectivity index (χ0n) is 20.3. The van der Waals surface area contributed by atoms with Gasteiger partial charge in [0.15, 0.2) is 0 Å². The highest BCUT2D eigenvalue weighted by atomic mass is 31.2. The fourth-order valence-electron chi connectivity index (χ4n) is 3.71. The van der Waals surface area contributed by atoms with Gasteiger partial charge in [-0.1, -0.05) is 72.8 Å². The van der Waals surface area contributed by atoms with E-state index in [1.165, 1.54) is 0 Å². The highest BCUT2D eigenvalue weighted by molar-refractivity contribution is 7.54. The third kappa shape index (κ3) is 7.46. The predicted molar refractivity (Wildman–Crippen MR) is 143 cm³/mol. The highest BCUT2D eigenvalue weighted by Gasteiger charge is 2.31. The maximum absolute atomic E-state index is 13.7. The van der Waals surface area contributed by atoms with Crippen LogP contribution >= 0.6 is 7.60 Å². The van der Waals surface area contributed by atoms with Crippen LogP contribution in [-0.4, -0.2) is 30.5 Å². The molecule has 0 radical (unpaired) electrons. The molecule has 0 amide bonds. The van der Waals surface area contributed by atoms with Crippen molar-refractivity contribution in [3.05, 3.63) is 115 Å². The highest BCUT2D eigenvalue weighted by Crippen LogP contribution is 2.47.